The summed E-state index contributed by atoms with van der Waals surface area (Å²) in [5.74, 6) is 0.541. The van der Waals surface area contributed by atoms with E-state index in [1.54, 1.807) is 0 Å². The van der Waals surface area contributed by atoms with Crippen LogP contribution >= 0.6 is 0 Å². The lowest BCUT2D eigenvalue weighted by atomic mass is 9.89. The van der Waals surface area contributed by atoms with Gasteiger partial charge in [-0.25, -0.2) is 4.57 Å². The molecule has 0 atom stereocenters. The fraction of sp³-hybridized carbons (Fsp3) is 0.162. The van der Waals surface area contributed by atoms with Crippen LogP contribution < -0.4 is 4.57 Å². The summed E-state index contributed by atoms with van der Waals surface area (Å²) < 4.78 is 4.97. The molecule has 0 saturated heterocycles. The molecule has 0 N–H and O–H groups in total. The number of rotatable bonds is 3. The maximum Gasteiger partial charge on any atom is 0.224 e. The number of benzene rings is 5. The second kappa shape index (κ2) is 8.04. The standard InChI is InChI=1S/C37H31N2/c1-22(2)20-31-28-13-9-8-12-27(28)23(3)33-36(31)39-32-21-26(24-10-6-5-7-11-24)15-16-29(32)30-17-14-25-18-19-38(4)37(33)34(25)35(30)39/h5-19,21-22H,20H2,1-4H3/q+1. The highest BCUT2D eigenvalue weighted by atomic mass is 15.0. The number of hydrogen-bond donors (Lipinski definition) is 0. The largest absolute Gasteiger partial charge is 0.307 e. The molecule has 188 valence electrons. The van der Waals surface area contributed by atoms with Gasteiger partial charge in [0.2, 0.25) is 5.52 Å². The summed E-state index contributed by atoms with van der Waals surface area (Å²) in [6, 6.07) is 33.8. The van der Waals surface area contributed by atoms with Gasteiger partial charge in [-0.05, 0) is 63.7 Å². The van der Waals surface area contributed by atoms with Gasteiger partial charge in [-0.1, -0.05) is 92.7 Å². The van der Waals surface area contributed by atoms with E-state index < -0.39 is 0 Å². The van der Waals surface area contributed by atoms with Gasteiger partial charge in [-0.3, -0.25) is 0 Å². The Balaban J connectivity index is 1.73. The molecule has 0 aliphatic heterocycles. The molecule has 0 saturated carbocycles. The predicted molar refractivity (Wildman–Crippen MR) is 166 cm³/mol. The maximum atomic E-state index is 2.62. The minimum Gasteiger partial charge on any atom is -0.307 e. The fourth-order valence-corrected chi connectivity index (χ4v) is 7.11. The molecule has 3 aromatic heterocycles. The molecule has 0 radical (unpaired) electrons. The van der Waals surface area contributed by atoms with Crippen LogP contribution in [0.25, 0.3) is 70.9 Å². The van der Waals surface area contributed by atoms with E-state index in [9.17, 15) is 0 Å². The molecule has 3 heterocycles. The van der Waals surface area contributed by atoms with E-state index in [-0.39, 0.29) is 0 Å². The zero-order chi connectivity index (χ0) is 26.4. The number of hydrogen-bond acceptors (Lipinski definition) is 0. The van der Waals surface area contributed by atoms with Crippen molar-refractivity contribution >= 4 is 59.8 Å². The van der Waals surface area contributed by atoms with Crippen molar-refractivity contribution in [2.75, 3.05) is 0 Å². The van der Waals surface area contributed by atoms with Crippen LogP contribution in [0.15, 0.2) is 97.2 Å². The third-order valence-corrected chi connectivity index (χ3v) is 8.76. The molecule has 2 heteroatoms. The molecule has 8 aromatic rings. The van der Waals surface area contributed by atoms with E-state index in [0.29, 0.717) is 5.92 Å². The third-order valence-electron chi connectivity index (χ3n) is 8.76. The predicted octanol–water partition coefficient (Wildman–Crippen LogP) is 9.14. The van der Waals surface area contributed by atoms with Gasteiger partial charge in [0, 0.05) is 16.8 Å². The first-order chi connectivity index (χ1) is 19.0. The van der Waals surface area contributed by atoms with Crippen LogP contribution in [0.2, 0.25) is 0 Å². The minimum atomic E-state index is 0.541. The van der Waals surface area contributed by atoms with Crippen LogP contribution in [0.4, 0.5) is 0 Å². The Morgan fingerprint density at radius 3 is 2.23 bits per heavy atom. The molecule has 0 amide bonds. The van der Waals surface area contributed by atoms with Crippen molar-refractivity contribution in [1.82, 2.24) is 4.40 Å². The van der Waals surface area contributed by atoms with Crippen LogP contribution in [-0.4, -0.2) is 4.40 Å². The molecule has 0 fully saturated rings. The number of aromatic nitrogens is 2. The maximum absolute atomic E-state index is 2.62. The molecule has 0 aliphatic carbocycles. The van der Waals surface area contributed by atoms with Crippen molar-refractivity contribution in [2.45, 2.75) is 27.2 Å². The first-order valence-corrected chi connectivity index (χ1v) is 14.0. The Bertz CT molecular complexity index is 2230. The topological polar surface area (TPSA) is 8.29 Å². The van der Waals surface area contributed by atoms with Crippen LogP contribution in [0.3, 0.4) is 0 Å². The summed E-state index contributed by atoms with van der Waals surface area (Å²) in [6.45, 7) is 7.01. The van der Waals surface area contributed by atoms with Crippen LogP contribution in [0, 0.1) is 12.8 Å². The van der Waals surface area contributed by atoms with Crippen LogP contribution in [0.5, 0.6) is 0 Å². The summed E-state index contributed by atoms with van der Waals surface area (Å²) >= 11 is 0. The van der Waals surface area contributed by atoms with Crippen molar-refractivity contribution in [1.29, 1.82) is 0 Å². The zero-order valence-corrected chi connectivity index (χ0v) is 22.9. The van der Waals surface area contributed by atoms with Crippen molar-refractivity contribution in [3.63, 3.8) is 0 Å². The van der Waals surface area contributed by atoms with E-state index in [0.717, 1.165) is 6.42 Å². The zero-order valence-electron chi connectivity index (χ0n) is 22.9. The molecule has 5 aromatic carbocycles. The summed E-state index contributed by atoms with van der Waals surface area (Å²) in [5.41, 5.74) is 10.7. The Morgan fingerprint density at radius 2 is 1.44 bits per heavy atom. The first-order valence-electron chi connectivity index (χ1n) is 14.0. The van der Waals surface area contributed by atoms with Crippen LogP contribution in [-0.2, 0) is 13.5 Å². The van der Waals surface area contributed by atoms with E-state index >= 15 is 0 Å². The van der Waals surface area contributed by atoms with E-state index in [2.05, 4.69) is 134 Å². The number of aryl methyl sites for hydroxylation is 2. The lowest BCUT2D eigenvalue weighted by Gasteiger charge is -2.20. The Labute approximate surface area is 228 Å². The monoisotopic (exact) mass is 503 g/mol. The molecule has 0 spiro atoms. The van der Waals surface area contributed by atoms with Gasteiger partial charge < -0.3 is 4.40 Å². The molecule has 0 unspecified atom stereocenters. The van der Waals surface area contributed by atoms with E-state index in [1.165, 1.54) is 82.0 Å². The van der Waals surface area contributed by atoms with Gasteiger partial charge in [-0.2, -0.15) is 0 Å². The number of fused-ring (bicyclic) bond motifs is 7. The second-order valence-corrected chi connectivity index (χ2v) is 11.6. The second-order valence-electron chi connectivity index (χ2n) is 11.6. The Kier molecular flexibility index (Phi) is 4.65. The molecule has 39 heavy (non-hydrogen) atoms. The van der Waals surface area contributed by atoms with Gasteiger partial charge >= 0.3 is 0 Å². The molecule has 2 nitrogen and oxygen atoms in total. The van der Waals surface area contributed by atoms with E-state index in [1.807, 2.05) is 0 Å². The van der Waals surface area contributed by atoms with Crippen LogP contribution in [0.1, 0.15) is 25.0 Å². The molecular formula is C37H31N2+. The van der Waals surface area contributed by atoms with Crippen molar-refractivity contribution in [3.05, 3.63) is 108 Å². The highest BCUT2D eigenvalue weighted by molar-refractivity contribution is 6.29. The third kappa shape index (κ3) is 3.00. The van der Waals surface area contributed by atoms with Crippen molar-refractivity contribution < 1.29 is 4.57 Å². The van der Waals surface area contributed by atoms with Crippen molar-refractivity contribution in [3.8, 4) is 11.1 Å². The summed E-state index contributed by atoms with van der Waals surface area (Å²) in [5, 5.41) is 9.42. The normalized spacial score (nSPS) is 12.4. The SMILES string of the molecule is Cc1c2ccccc2c(CC(C)C)c2c1c1c3c(ccc4c5ccc(-c6ccccc6)cc5n2c43)cc[n+]1C. The number of nitrogens with zero attached hydrogens (tertiary/aromatic N) is 2. The van der Waals surface area contributed by atoms with Gasteiger partial charge in [0.05, 0.1) is 27.3 Å². The molecular weight excluding hydrogens is 472 g/mol. The Morgan fingerprint density at radius 1 is 0.692 bits per heavy atom. The molecule has 0 aliphatic rings. The average molecular weight is 504 g/mol. The van der Waals surface area contributed by atoms with E-state index in [4.69, 9.17) is 0 Å². The fourth-order valence-electron chi connectivity index (χ4n) is 7.11. The highest BCUT2D eigenvalue weighted by Gasteiger charge is 2.27. The quantitative estimate of drug-likeness (QED) is 0.129. The smallest absolute Gasteiger partial charge is 0.224 e. The van der Waals surface area contributed by atoms with Gasteiger partial charge in [0.25, 0.3) is 0 Å². The summed E-state index contributed by atoms with van der Waals surface area (Å²) in [7, 11) is 2.21. The minimum absolute atomic E-state index is 0.541. The first kappa shape index (κ1) is 22.5. The highest BCUT2D eigenvalue weighted by Crippen LogP contribution is 2.45. The molecule has 8 rings (SSSR count). The van der Waals surface area contributed by atoms with Gasteiger partial charge in [-0.15, -0.1) is 0 Å². The Hall–Kier alpha value is -4.43. The average Bonchev–Trinajstić information content (AvgIpc) is 3.29. The van der Waals surface area contributed by atoms with Crippen molar-refractivity contribution in [2.24, 2.45) is 13.0 Å². The van der Waals surface area contributed by atoms with Gasteiger partial charge in [0.15, 0.2) is 6.20 Å². The lowest BCUT2D eigenvalue weighted by Crippen LogP contribution is -2.29. The summed E-state index contributed by atoms with van der Waals surface area (Å²) in [4.78, 5) is 0. The number of pyridine rings is 2. The summed E-state index contributed by atoms with van der Waals surface area (Å²) in [6.07, 6.45) is 3.26. The lowest BCUT2D eigenvalue weighted by molar-refractivity contribution is -0.643. The molecule has 0 bridgehead atoms. The van der Waals surface area contributed by atoms with Gasteiger partial charge in [0.1, 0.15) is 7.05 Å².